The Bertz CT molecular complexity index is 516. The highest BCUT2D eigenvalue weighted by Gasteiger charge is 2.67. The van der Waals surface area contributed by atoms with Gasteiger partial charge in [-0.3, -0.25) is 4.79 Å². The van der Waals surface area contributed by atoms with E-state index in [9.17, 15) is 4.79 Å². The second-order valence-corrected chi connectivity index (χ2v) is 5.80. The van der Waals surface area contributed by atoms with E-state index in [0.29, 0.717) is 17.8 Å². The van der Waals surface area contributed by atoms with Crippen LogP contribution in [0.15, 0.2) is 18.2 Å². The molecule has 3 fully saturated rings. The Kier molecular flexibility index (Phi) is 2.07. The van der Waals surface area contributed by atoms with Crippen molar-refractivity contribution in [2.75, 3.05) is 5.32 Å². The van der Waals surface area contributed by atoms with E-state index in [1.165, 1.54) is 12.8 Å². The van der Waals surface area contributed by atoms with Crippen molar-refractivity contribution in [2.45, 2.75) is 31.8 Å². The van der Waals surface area contributed by atoms with Crippen LogP contribution in [0.4, 0.5) is 5.82 Å². The molecule has 4 rings (SSSR count). The number of rotatable bonds is 2. The number of nitrogens with zero attached hydrogens (tertiary/aromatic N) is 1. The Morgan fingerprint density at radius 1 is 1.39 bits per heavy atom. The van der Waals surface area contributed by atoms with Gasteiger partial charge in [0.25, 0.3) is 0 Å². The number of nitrogens with one attached hydrogen (secondary N) is 2. The minimum Gasteiger partial charge on any atom is -0.309 e. The van der Waals surface area contributed by atoms with E-state index in [1.54, 1.807) is 0 Å². The zero-order chi connectivity index (χ0) is 12.3. The third kappa shape index (κ3) is 1.42. The van der Waals surface area contributed by atoms with Crippen molar-refractivity contribution in [2.24, 2.45) is 17.8 Å². The van der Waals surface area contributed by atoms with Crippen molar-refractivity contribution in [3.63, 3.8) is 0 Å². The molecule has 2 aliphatic carbocycles. The average Bonchev–Trinajstić information content (AvgIpc) is 2.77. The predicted molar refractivity (Wildman–Crippen MR) is 68.0 cm³/mol. The van der Waals surface area contributed by atoms with Crippen molar-refractivity contribution >= 4 is 11.7 Å². The summed E-state index contributed by atoms with van der Waals surface area (Å²) in [6, 6.07) is 6.30. The number of pyridine rings is 1. The molecule has 4 nitrogen and oxygen atoms in total. The highest BCUT2D eigenvalue weighted by atomic mass is 16.2. The van der Waals surface area contributed by atoms with E-state index in [2.05, 4.69) is 15.6 Å². The van der Waals surface area contributed by atoms with Gasteiger partial charge >= 0.3 is 0 Å². The fourth-order valence-electron chi connectivity index (χ4n) is 4.02. The van der Waals surface area contributed by atoms with Crippen molar-refractivity contribution in [3.05, 3.63) is 23.9 Å². The number of amides is 1. The van der Waals surface area contributed by atoms with Crippen molar-refractivity contribution in [1.82, 2.24) is 10.3 Å². The molecule has 3 aliphatic rings. The summed E-state index contributed by atoms with van der Waals surface area (Å²) in [5.74, 6) is 2.95. The smallest absolute Gasteiger partial charge is 0.242 e. The Balaban J connectivity index is 1.48. The Hall–Kier alpha value is -1.42. The lowest BCUT2D eigenvalue weighted by atomic mass is 10.1. The first-order valence-electron chi connectivity index (χ1n) is 6.74. The molecule has 0 bridgehead atoms. The molecule has 2 saturated carbocycles. The number of fused-ring (bicyclic) bond motifs is 1. The van der Waals surface area contributed by atoms with Gasteiger partial charge < -0.3 is 10.6 Å². The molecule has 0 spiro atoms. The van der Waals surface area contributed by atoms with Gasteiger partial charge in [-0.15, -0.1) is 0 Å². The molecule has 2 heterocycles. The molecule has 1 aliphatic heterocycles. The van der Waals surface area contributed by atoms with Crippen molar-refractivity contribution in [1.29, 1.82) is 0 Å². The lowest BCUT2D eigenvalue weighted by Gasteiger charge is -2.15. The number of aromatic nitrogens is 1. The third-order valence-corrected chi connectivity index (χ3v) is 4.77. The van der Waals surface area contributed by atoms with Crippen LogP contribution in [0.3, 0.4) is 0 Å². The maximum atomic E-state index is 12.3. The number of anilines is 1. The minimum atomic E-state index is 0.00909. The van der Waals surface area contributed by atoms with Crippen LogP contribution in [-0.4, -0.2) is 23.0 Å². The van der Waals surface area contributed by atoms with E-state index in [1.807, 2.05) is 25.1 Å². The van der Waals surface area contributed by atoms with Crippen LogP contribution in [0.1, 0.15) is 18.5 Å². The van der Waals surface area contributed by atoms with Gasteiger partial charge in [-0.1, -0.05) is 6.07 Å². The molecule has 0 radical (unpaired) electrons. The van der Waals surface area contributed by atoms with Gasteiger partial charge in [0.05, 0.1) is 6.04 Å². The van der Waals surface area contributed by atoms with Crippen LogP contribution in [-0.2, 0) is 4.79 Å². The molecule has 1 aromatic rings. The number of piperidine rings is 1. The summed E-state index contributed by atoms with van der Waals surface area (Å²) >= 11 is 0. The van der Waals surface area contributed by atoms with Gasteiger partial charge in [0.2, 0.25) is 5.91 Å². The average molecular weight is 243 g/mol. The topological polar surface area (TPSA) is 54.0 Å². The Morgan fingerprint density at radius 3 is 3.00 bits per heavy atom. The molecular weight excluding hydrogens is 226 g/mol. The molecule has 0 aromatic carbocycles. The highest BCUT2D eigenvalue weighted by Crippen LogP contribution is 2.62. The largest absolute Gasteiger partial charge is 0.309 e. The number of carbonyl (C=O) groups excluding carboxylic acids is 1. The number of aryl methyl sites for hydroxylation is 1. The Morgan fingerprint density at radius 2 is 2.28 bits per heavy atom. The number of hydrogen-bond acceptors (Lipinski definition) is 3. The molecule has 94 valence electrons. The molecule has 1 aromatic heterocycles. The van der Waals surface area contributed by atoms with E-state index in [4.69, 9.17) is 0 Å². The summed E-state index contributed by atoms with van der Waals surface area (Å²) in [7, 11) is 0. The zero-order valence-electron chi connectivity index (χ0n) is 10.4. The van der Waals surface area contributed by atoms with E-state index >= 15 is 0 Å². The highest BCUT2D eigenvalue weighted by molar-refractivity contribution is 5.95. The molecule has 4 unspecified atom stereocenters. The first-order valence-corrected chi connectivity index (χ1v) is 6.74. The van der Waals surface area contributed by atoms with E-state index in [0.717, 1.165) is 17.5 Å². The van der Waals surface area contributed by atoms with Gasteiger partial charge in [-0.25, -0.2) is 4.98 Å². The van der Waals surface area contributed by atoms with Crippen molar-refractivity contribution in [3.8, 4) is 0 Å². The molecular formula is C14H17N3O. The third-order valence-electron chi connectivity index (χ3n) is 4.77. The monoisotopic (exact) mass is 243 g/mol. The van der Waals surface area contributed by atoms with Crippen LogP contribution < -0.4 is 10.6 Å². The van der Waals surface area contributed by atoms with Gasteiger partial charge in [0, 0.05) is 11.7 Å². The maximum absolute atomic E-state index is 12.3. The zero-order valence-corrected chi connectivity index (χ0v) is 10.4. The quantitative estimate of drug-likeness (QED) is 0.824. The lowest BCUT2D eigenvalue weighted by molar-refractivity contribution is -0.118. The van der Waals surface area contributed by atoms with Crippen molar-refractivity contribution < 1.29 is 4.79 Å². The second-order valence-electron chi connectivity index (χ2n) is 5.80. The molecule has 18 heavy (non-hydrogen) atoms. The molecule has 1 saturated heterocycles. The van der Waals surface area contributed by atoms with E-state index in [-0.39, 0.29) is 11.9 Å². The summed E-state index contributed by atoms with van der Waals surface area (Å²) in [6.45, 7) is 1.93. The van der Waals surface area contributed by atoms with Crippen LogP contribution in [0.2, 0.25) is 0 Å². The van der Waals surface area contributed by atoms with Crippen LogP contribution in [0.5, 0.6) is 0 Å². The van der Waals surface area contributed by atoms with Gasteiger partial charge in [0.15, 0.2) is 0 Å². The summed E-state index contributed by atoms with van der Waals surface area (Å²) in [6.07, 6.45) is 2.55. The fourth-order valence-corrected chi connectivity index (χ4v) is 4.02. The van der Waals surface area contributed by atoms with Gasteiger partial charge in [-0.05, 0) is 49.7 Å². The summed E-state index contributed by atoms with van der Waals surface area (Å²) in [5.41, 5.74) is 0.927. The molecule has 5 atom stereocenters. The predicted octanol–water partition coefficient (Wildman–Crippen LogP) is 1.32. The van der Waals surface area contributed by atoms with Crippen LogP contribution in [0.25, 0.3) is 0 Å². The van der Waals surface area contributed by atoms with E-state index < -0.39 is 0 Å². The molecule has 1 amide bonds. The first kappa shape index (κ1) is 10.5. The Labute approximate surface area is 106 Å². The number of carbonyl (C=O) groups is 1. The standard InChI is InChI=1S/C14H17N3O/c1-7-3-2-4-10(15-7)17-14(18)13-12-8-5-6-9(16-13)11(8)12/h2-4,8-9,11-13,16H,5-6H2,1H3,(H,15,17,18)/t8?,9?,11?,12?,13-/m0/s1. The maximum Gasteiger partial charge on any atom is 0.242 e. The van der Waals surface area contributed by atoms with Gasteiger partial charge in [0.1, 0.15) is 5.82 Å². The molecule has 2 N–H and O–H groups in total. The minimum absolute atomic E-state index is 0.00909. The molecule has 4 heteroatoms. The second kappa shape index (κ2) is 3.54. The summed E-state index contributed by atoms with van der Waals surface area (Å²) in [5, 5.41) is 6.41. The lowest BCUT2D eigenvalue weighted by Crippen LogP contribution is -2.42. The van der Waals surface area contributed by atoms with Gasteiger partial charge in [-0.2, -0.15) is 0 Å². The first-order chi connectivity index (χ1) is 8.74. The van der Waals surface area contributed by atoms with Crippen LogP contribution in [0, 0.1) is 24.7 Å². The summed E-state index contributed by atoms with van der Waals surface area (Å²) in [4.78, 5) is 16.6. The normalized spacial score (nSPS) is 39.5. The SMILES string of the molecule is Cc1cccc(NC(=O)[C@H]2NC3CCC4C3C42)n1. The summed E-state index contributed by atoms with van der Waals surface area (Å²) < 4.78 is 0. The number of hydrogen-bond donors (Lipinski definition) is 2. The fraction of sp³-hybridized carbons (Fsp3) is 0.571. The van der Waals surface area contributed by atoms with Crippen LogP contribution >= 0.6 is 0 Å².